The summed E-state index contributed by atoms with van der Waals surface area (Å²) in [6.07, 6.45) is 1.93. The predicted molar refractivity (Wildman–Crippen MR) is 327 cm³/mol. The minimum atomic E-state index is -0.0717. The molecule has 0 N–H and O–H groups in total. The third kappa shape index (κ3) is 11.0. The minimum absolute atomic E-state index is 0. The van der Waals surface area contributed by atoms with Crippen molar-refractivity contribution < 1.29 is 25.8 Å². The van der Waals surface area contributed by atoms with Gasteiger partial charge in [0, 0.05) is 41.4 Å². The van der Waals surface area contributed by atoms with E-state index in [1.807, 2.05) is 24.4 Å². The number of benzene rings is 7. The van der Waals surface area contributed by atoms with Crippen molar-refractivity contribution in [2.75, 3.05) is 0 Å². The largest absolute Gasteiger partial charge is 2.00 e. The number of fused-ring (bicyclic) bond motifs is 4. The summed E-state index contributed by atoms with van der Waals surface area (Å²) in [7, 11) is 0. The third-order valence-corrected chi connectivity index (χ3v) is 15.3. The van der Waals surface area contributed by atoms with E-state index >= 15 is 0 Å². The molecule has 9 aromatic rings. The second kappa shape index (κ2) is 19.9. The zero-order valence-corrected chi connectivity index (χ0v) is 51.6. The Bertz CT molecular complexity index is 3810. The first-order chi connectivity index (χ1) is 35.9. The van der Waals surface area contributed by atoms with Gasteiger partial charge >= 0.3 is 32.8 Å². The van der Waals surface area contributed by atoms with Crippen LogP contribution in [0, 0.1) is 12.1 Å². The van der Waals surface area contributed by atoms with E-state index in [9.17, 15) is 0 Å². The molecule has 0 unspecified atom stereocenters. The van der Waals surface area contributed by atoms with Crippen molar-refractivity contribution in [2.45, 2.75) is 157 Å². The van der Waals surface area contributed by atoms with Gasteiger partial charge < -0.3 is 9.30 Å². The standard InChI is InChI=1S/C72H78N4O.Pt/c1-67(2,3)49-23-19-22-47(34-49)59-26-21-27-63-66(59)75(56-40-53(71(13,14)15)39-54(41-56)72(16,17)18)45-74(63)55-24-20-25-57(43-55)77-58-29-30-60-61-37-46(48-35-51(69(7,8)9)38-52(36-48)70(10,11)12)28-31-62(61)76(64(60)44-58)65-42-50(32-33-73-65)68(4,5)6;/h19-42H,1-18H3;/q;+2. The van der Waals surface area contributed by atoms with Gasteiger partial charge in [0.1, 0.15) is 11.5 Å². The van der Waals surface area contributed by atoms with Gasteiger partial charge in [0.25, 0.3) is 5.69 Å². The average Bonchev–Trinajstić information content (AvgIpc) is 4.16. The van der Waals surface area contributed by atoms with E-state index in [4.69, 9.17) is 9.72 Å². The van der Waals surface area contributed by atoms with Crippen LogP contribution in [0.4, 0.5) is 22.7 Å². The van der Waals surface area contributed by atoms with Gasteiger partial charge in [-0.05, 0) is 117 Å². The molecule has 1 aliphatic rings. The number of hydrogen-bond acceptors (Lipinski definition) is 2. The van der Waals surface area contributed by atoms with Crippen LogP contribution < -0.4 is 13.9 Å². The van der Waals surface area contributed by atoms with E-state index in [1.54, 1.807) is 0 Å². The fraction of sp³-hybridized carbons (Fsp3) is 0.333. The Morgan fingerprint density at radius 2 is 1.00 bits per heavy atom. The molecule has 7 aromatic carbocycles. The molecule has 0 amide bonds. The Morgan fingerprint density at radius 3 is 1.62 bits per heavy atom. The summed E-state index contributed by atoms with van der Waals surface area (Å²) < 4.78 is 13.5. The van der Waals surface area contributed by atoms with Crippen molar-refractivity contribution in [3.05, 3.63) is 191 Å². The van der Waals surface area contributed by atoms with Crippen molar-refractivity contribution in [3.63, 3.8) is 0 Å². The van der Waals surface area contributed by atoms with Crippen molar-refractivity contribution in [1.29, 1.82) is 0 Å². The second-order valence-electron chi connectivity index (χ2n) is 27.6. The van der Waals surface area contributed by atoms with E-state index in [0.717, 1.165) is 61.5 Å². The van der Waals surface area contributed by atoms with Crippen molar-refractivity contribution in [1.82, 2.24) is 18.7 Å². The van der Waals surface area contributed by atoms with Gasteiger partial charge in [0.2, 0.25) is 5.69 Å². The fourth-order valence-electron chi connectivity index (χ4n) is 10.3. The molecule has 400 valence electrons. The summed E-state index contributed by atoms with van der Waals surface area (Å²) in [4.78, 5) is 5.02. The zero-order valence-electron chi connectivity index (χ0n) is 49.4. The van der Waals surface area contributed by atoms with Crippen molar-refractivity contribution in [3.8, 4) is 39.6 Å². The van der Waals surface area contributed by atoms with Gasteiger partial charge in [-0.25, -0.2) is 4.98 Å². The first kappa shape index (κ1) is 56.1. The monoisotopic (exact) mass is 1210 g/mol. The number of para-hydroxylation sites is 1. The zero-order chi connectivity index (χ0) is 55.4. The Labute approximate surface area is 480 Å². The topological polar surface area (TPSA) is 33.1 Å². The third-order valence-electron chi connectivity index (χ3n) is 15.3. The van der Waals surface area contributed by atoms with Crippen LogP contribution in [-0.2, 0) is 53.6 Å². The number of pyridine rings is 1. The molecule has 0 saturated heterocycles. The molecule has 0 atom stereocenters. The molecule has 0 saturated carbocycles. The van der Waals surface area contributed by atoms with Gasteiger partial charge in [0.15, 0.2) is 0 Å². The Balaban J connectivity index is 0.00000740. The average molecular weight is 1210 g/mol. The van der Waals surface area contributed by atoms with Crippen LogP contribution in [0.25, 0.3) is 49.9 Å². The maximum Gasteiger partial charge on any atom is 2.00 e. The van der Waals surface area contributed by atoms with E-state index < -0.39 is 0 Å². The number of nitrogens with zero attached hydrogens (tertiary/aromatic N) is 4. The molecule has 0 radical (unpaired) electrons. The minimum Gasteiger partial charge on any atom is -0.509 e. The van der Waals surface area contributed by atoms with Gasteiger partial charge in [0.05, 0.1) is 5.56 Å². The molecule has 0 bridgehead atoms. The second-order valence-corrected chi connectivity index (χ2v) is 27.6. The molecule has 10 rings (SSSR count). The molecular formula is C72H78N4OPt+2. The van der Waals surface area contributed by atoms with E-state index in [0.29, 0.717) is 11.5 Å². The summed E-state index contributed by atoms with van der Waals surface area (Å²) in [5, 5.41) is 2.20. The summed E-state index contributed by atoms with van der Waals surface area (Å²) in [5.41, 5.74) is 18.1. The number of hydrogen-bond donors (Lipinski definition) is 0. The Morgan fingerprint density at radius 1 is 0.449 bits per heavy atom. The van der Waals surface area contributed by atoms with E-state index in [1.165, 1.54) is 44.5 Å². The fourth-order valence-corrected chi connectivity index (χ4v) is 10.3. The molecule has 0 spiro atoms. The molecule has 3 heterocycles. The van der Waals surface area contributed by atoms with Crippen LogP contribution in [0.2, 0.25) is 0 Å². The maximum absolute atomic E-state index is 6.87. The van der Waals surface area contributed by atoms with Crippen molar-refractivity contribution >= 4 is 50.6 Å². The molecule has 5 nitrogen and oxygen atoms in total. The van der Waals surface area contributed by atoms with Gasteiger partial charge in [-0.15, -0.1) is 23.6 Å². The van der Waals surface area contributed by atoms with Crippen LogP contribution in [-0.4, -0.2) is 15.6 Å². The van der Waals surface area contributed by atoms with Crippen LogP contribution in [0.1, 0.15) is 158 Å². The first-order valence-electron chi connectivity index (χ1n) is 27.5. The van der Waals surface area contributed by atoms with Crippen LogP contribution in [0.15, 0.2) is 146 Å². The van der Waals surface area contributed by atoms with Gasteiger partial charge in [-0.2, -0.15) is 12.1 Å². The van der Waals surface area contributed by atoms with Gasteiger partial charge in [-0.3, -0.25) is 0 Å². The number of ether oxygens (including phenoxy) is 1. The molecule has 2 aromatic heterocycles. The predicted octanol–water partition coefficient (Wildman–Crippen LogP) is 19.5. The molecule has 6 heteroatoms. The molecule has 78 heavy (non-hydrogen) atoms. The van der Waals surface area contributed by atoms with Crippen molar-refractivity contribution in [2.24, 2.45) is 0 Å². The molecule has 0 fully saturated rings. The Kier molecular flexibility index (Phi) is 14.3. The molecular weight excluding hydrogens is 1130 g/mol. The normalized spacial score (nSPS) is 13.4. The van der Waals surface area contributed by atoms with E-state index in [2.05, 4.69) is 278 Å². The summed E-state index contributed by atoms with van der Waals surface area (Å²) in [6.45, 7) is 41.1. The van der Waals surface area contributed by atoms with Crippen LogP contribution in [0.5, 0.6) is 11.5 Å². The number of aromatic nitrogens is 2. The van der Waals surface area contributed by atoms with Crippen LogP contribution in [0.3, 0.4) is 0 Å². The SMILES string of the molecule is CC(C)(C)c1cccc(-c2cccc3c2[N+](c2cc(C(C)(C)C)cc(C(C)(C)C)c2)=C=[N+]3c2[c-]c(Oc3[c-]c4c(cc3)c3cc(-c5cc(C(C)(C)C)cc(C(C)(C)C)c5)ccc3n4-c3cc(C(C)(C)C)ccn3)ccc2)c1.[Pt+2]. The molecule has 0 aliphatic carbocycles. The molecule has 1 aliphatic heterocycles. The summed E-state index contributed by atoms with van der Waals surface area (Å²) >= 11 is 0. The van der Waals surface area contributed by atoms with Crippen LogP contribution >= 0.6 is 0 Å². The quantitative estimate of drug-likeness (QED) is 0.118. The summed E-state index contributed by atoms with van der Waals surface area (Å²) in [6, 6.07) is 62.6. The number of rotatable bonds is 7. The maximum atomic E-state index is 6.87. The van der Waals surface area contributed by atoms with E-state index in [-0.39, 0.29) is 53.6 Å². The van der Waals surface area contributed by atoms with Gasteiger partial charge in [-0.1, -0.05) is 214 Å². The Hall–Kier alpha value is -6.64. The summed E-state index contributed by atoms with van der Waals surface area (Å²) in [5.74, 6) is 2.00. The smallest absolute Gasteiger partial charge is 0.509 e. The first-order valence-corrected chi connectivity index (χ1v) is 27.5.